The molecule has 5 aromatic rings. The lowest BCUT2D eigenvalue weighted by Crippen LogP contribution is -2.19. The van der Waals surface area contributed by atoms with Crippen LogP contribution >= 0.6 is 11.6 Å². The van der Waals surface area contributed by atoms with Crippen molar-refractivity contribution in [2.24, 2.45) is 0 Å². The number of ether oxygens (including phenoxy) is 1. The molecule has 30 heavy (non-hydrogen) atoms. The minimum absolute atomic E-state index is 0.343. The summed E-state index contributed by atoms with van der Waals surface area (Å²) in [7, 11) is 0. The molecule has 0 radical (unpaired) electrons. The predicted octanol–water partition coefficient (Wildman–Crippen LogP) is 4.81. The van der Waals surface area contributed by atoms with E-state index >= 15 is 0 Å². The second kappa shape index (κ2) is 6.14. The molecule has 0 N–H and O–H groups in total. The summed E-state index contributed by atoms with van der Waals surface area (Å²) in [5.74, 6) is 1.00. The highest BCUT2D eigenvalue weighted by molar-refractivity contribution is 6.33. The van der Waals surface area contributed by atoms with Crippen LogP contribution in [-0.2, 0) is 0 Å². The largest absolute Gasteiger partial charge is 0.437 e. The van der Waals surface area contributed by atoms with Crippen molar-refractivity contribution in [2.45, 2.75) is 12.8 Å². The fourth-order valence-corrected chi connectivity index (χ4v) is 4.16. The summed E-state index contributed by atoms with van der Waals surface area (Å²) < 4.78 is 13.2. The van der Waals surface area contributed by atoms with Gasteiger partial charge in [-0.25, -0.2) is 19.3 Å². The van der Waals surface area contributed by atoms with Crippen LogP contribution in [-0.4, -0.2) is 19.6 Å². The van der Waals surface area contributed by atoms with Gasteiger partial charge in [-0.3, -0.25) is 0 Å². The molecule has 4 heterocycles. The molecule has 0 saturated heterocycles. The first kappa shape index (κ1) is 17.2. The minimum atomic E-state index is -0.435. The molecule has 6 rings (SSSR count). The third-order valence-corrected chi connectivity index (χ3v) is 5.69. The number of nitrogens with zero attached hydrogens (tertiary/aromatic N) is 4. The highest BCUT2D eigenvalue weighted by Crippen LogP contribution is 2.45. The maximum absolute atomic E-state index is 12.8. The first-order valence-electron chi connectivity index (χ1n) is 9.35. The van der Waals surface area contributed by atoms with Crippen molar-refractivity contribution >= 4 is 28.2 Å². The lowest BCUT2D eigenvalue weighted by Gasteiger charge is -2.24. The van der Waals surface area contributed by atoms with Crippen molar-refractivity contribution in [2.75, 3.05) is 0 Å². The number of para-hydroxylation sites is 1. The lowest BCUT2D eigenvalue weighted by atomic mass is 9.92. The van der Waals surface area contributed by atoms with E-state index in [-0.39, 0.29) is 5.92 Å². The molecule has 3 aromatic heterocycles. The summed E-state index contributed by atoms with van der Waals surface area (Å²) in [4.78, 5) is 21.9. The number of rotatable bonds is 1. The van der Waals surface area contributed by atoms with Crippen LogP contribution < -0.4 is 10.4 Å². The standard InChI is InChI=1S/C22H13ClN4O3/c1-11-16-18(13-7-3-5-9-15(13)29-22(16)28)30-21-17(11)20-25-19(26-27(20)10-24-21)12-6-2-4-8-14(12)23/h2-11H,1H3. The minimum Gasteiger partial charge on any atom is -0.437 e. The summed E-state index contributed by atoms with van der Waals surface area (Å²) in [5, 5.41) is 5.80. The number of fused-ring (bicyclic) bond motifs is 6. The molecule has 0 saturated carbocycles. The van der Waals surface area contributed by atoms with Gasteiger partial charge in [-0.15, -0.1) is 5.10 Å². The molecular formula is C22H13ClN4O3. The topological polar surface area (TPSA) is 82.5 Å². The van der Waals surface area contributed by atoms with Crippen molar-refractivity contribution in [3.05, 3.63) is 81.4 Å². The summed E-state index contributed by atoms with van der Waals surface area (Å²) in [6, 6.07) is 14.6. The zero-order valence-corrected chi connectivity index (χ0v) is 16.4. The Kier molecular flexibility index (Phi) is 3.52. The molecule has 7 nitrogen and oxygen atoms in total. The van der Waals surface area contributed by atoms with E-state index in [2.05, 4.69) is 15.1 Å². The Hall–Kier alpha value is -3.71. The average Bonchev–Trinajstić information content (AvgIpc) is 3.18. The van der Waals surface area contributed by atoms with Crippen LogP contribution in [0.25, 0.3) is 28.0 Å². The molecular weight excluding hydrogens is 404 g/mol. The van der Waals surface area contributed by atoms with Crippen molar-refractivity contribution < 1.29 is 9.15 Å². The number of benzene rings is 2. The van der Waals surface area contributed by atoms with Crippen LogP contribution in [0.2, 0.25) is 5.02 Å². The molecule has 0 amide bonds. The van der Waals surface area contributed by atoms with Gasteiger partial charge in [-0.2, -0.15) is 0 Å². The van der Waals surface area contributed by atoms with Crippen LogP contribution in [0.5, 0.6) is 11.6 Å². The van der Waals surface area contributed by atoms with Crippen LogP contribution in [0.4, 0.5) is 0 Å². The Bertz CT molecular complexity index is 1540. The monoisotopic (exact) mass is 416 g/mol. The third kappa shape index (κ3) is 2.32. The molecule has 1 aliphatic heterocycles. The fraction of sp³-hybridized carbons (Fsp3) is 0.0909. The smallest absolute Gasteiger partial charge is 0.343 e. The first-order chi connectivity index (χ1) is 14.6. The van der Waals surface area contributed by atoms with Gasteiger partial charge in [0, 0.05) is 11.5 Å². The quantitative estimate of drug-likeness (QED) is 0.365. The summed E-state index contributed by atoms with van der Waals surface area (Å²) in [6.07, 6.45) is 1.55. The van der Waals surface area contributed by atoms with Gasteiger partial charge in [0.05, 0.1) is 21.5 Å². The van der Waals surface area contributed by atoms with Gasteiger partial charge >= 0.3 is 5.63 Å². The van der Waals surface area contributed by atoms with E-state index in [0.29, 0.717) is 50.4 Å². The zero-order valence-electron chi connectivity index (χ0n) is 15.7. The number of aromatic nitrogens is 4. The van der Waals surface area contributed by atoms with Crippen molar-refractivity contribution in [3.8, 4) is 23.0 Å². The van der Waals surface area contributed by atoms with Gasteiger partial charge in [0.15, 0.2) is 17.2 Å². The normalized spacial score (nSPS) is 15.1. The highest BCUT2D eigenvalue weighted by atomic mass is 35.5. The van der Waals surface area contributed by atoms with E-state index < -0.39 is 5.63 Å². The molecule has 0 spiro atoms. The summed E-state index contributed by atoms with van der Waals surface area (Å²) in [5.41, 5.74) is 2.43. The van der Waals surface area contributed by atoms with Gasteiger partial charge in [-0.1, -0.05) is 42.8 Å². The second-order valence-corrected chi connectivity index (χ2v) is 7.51. The molecule has 0 aliphatic carbocycles. The maximum Gasteiger partial charge on any atom is 0.343 e. The summed E-state index contributed by atoms with van der Waals surface area (Å²) >= 11 is 6.32. The second-order valence-electron chi connectivity index (χ2n) is 7.10. The van der Waals surface area contributed by atoms with Gasteiger partial charge in [-0.05, 0) is 24.3 Å². The van der Waals surface area contributed by atoms with Gasteiger partial charge in [0.1, 0.15) is 11.9 Å². The highest BCUT2D eigenvalue weighted by Gasteiger charge is 2.33. The Labute approximate surface area is 174 Å². The number of hydrogen-bond donors (Lipinski definition) is 0. The molecule has 8 heteroatoms. The Morgan fingerprint density at radius 1 is 1.07 bits per heavy atom. The average molecular weight is 417 g/mol. The summed E-state index contributed by atoms with van der Waals surface area (Å²) in [6.45, 7) is 1.91. The molecule has 0 fully saturated rings. The van der Waals surface area contributed by atoms with Gasteiger partial charge in [0.25, 0.3) is 0 Å². The van der Waals surface area contributed by atoms with Crippen LogP contribution in [0, 0.1) is 0 Å². The van der Waals surface area contributed by atoms with E-state index in [9.17, 15) is 4.79 Å². The maximum atomic E-state index is 12.8. The van der Waals surface area contributed by atoms with E-state index in [0.717, 1.165) is 5.39 Å². The van der Waals surface area contributed by atoms with Gasteiger partial charge < -0.3 is 9.15 Å². The van der Waals surface area contributed by atoms with Crippen molar-refractivity contribution in [1.29, 1.82) is 0 Å². The van der Waals surface area contributed by atoms with Crippen LogP contribution in [0.15, 0.2) is 64.1 Å². The van der Waals surface area contributed by atoms with E-state index in [4.69, 9.17) is 20.8 Å². The predicted molar refractivity (Wildman–Crippen MR) is 111 cm³/mol. The zero-order chi connectivity index (χ0) is 20.4. The molecule has 1 aliphatic rings. The van der Waals surface area contributed by atoms with Crippen LogP contribution in [0.1, 0.15) is 24.0 Å². The molecule has 2 aromatic carbocycles. The third-order valence-electron chi connectivity index (χ3n) is 5.37. The van der Waals surface area contributed by atoms with Gasteiger partial charge in [0.2, 0.25) is 5.88 Å². The Morgan fingerprint density at radius 3 is 2.73 bits per heavy atom. The lowest BCUT2D eigenvalue weighted by molar-refractivity contribution is 0.419. The Morgan fingerprint density at radius 2 is 1.87 bits per heavy atom. The first-order valence-corrected chi connectivity index (χ1v) is 9.73. The number of halogens is 1. The molecule has 1 atom stereocenters. The number of hydrogen-bond acceptors (Lipinski definition) is 6. The van der Waals surface area contributed by atoms with E-state index in [1.165, 1.54) is 0 Å². The molecule has 1 unspecified atom stereocenters. The van der Waals surface area contributed by atoms with E-state index in [1.54, 1.807) is 23.0 Å². The fourth-order valence-electron chi connectivity index (χ4n) is 3.94. The molecule has 0 bridgehead atoms. The van der Waals surface area contributed by atoms with Crippen molar-refractivity contribution in [1.82, 2.24) is 19.6 Å². The van der Waals surface area contributed by atoms with Crippen molar-refractivity contribution in [3.63, 3.8) is 0 Å². The molecule has 146 valence electrons. The Balaban J connectivity index is 1.60. The van der Waals surface area contributed by atoms with E-state index in [1.807, 2.05) is 43.3 Å². The SMILES string of the molecule is CC1c2c(c3ccccc3oc2=O)Oc2ncn3nc(-c4ccccc4Cl)nc3c21. The van der Waals surface area contributed by atoms with Crippen LogP contribution in [0.3, 0.4) is 0 Å².